The monoisotopic (exact) mass is 353 g/mol. The van der Waals surface area contributed by atoms with E-state index in [1.807, 2.05) is 0 Å². The highest BCUT2D eigenvalue weighted by Gasteiger charge is 2.30. The van der Waals surface area contributed by atoms with Crippen molar-refractivity contribution in [2.45, 2.75) is 11.3 Å². The second-order valence-electron chi connectivity index (χ2n) is 4.69. The third-order valence-electron chi connectivity index (χ3n) is 2.96. The summed E-state index contributed by atoms with van der Waals surface area (Å²) < 4.78 is 39.6. The van der Waals surface area contributed by atoms with Crippen molar-refractivity contribution >= 4 is 29.1 Å². The van der Waals surface area contributed by atoms with E-state index in [1.165, 1.54) is 12.1 Å². The zero-order valence-electron chi connectivity index (χ0n) is 12.0. The van der Waals surface area contributed by atoms with Crippen LogP contribution < -0.4 is 5.32 Å². The van der Waals surface area contributed by atoms with Gasteiger partial charge in [-0.3, -0.25) is 9.20 Å². The first-order chi connectivity index (χ1) is 11.4. The standard InChI is InChI=1S/C14H10F3N5OS/c15-14(16,17)9-3-1-4-10(7-9)19-11(23)8-24-13-21-20-12-18-5-2-6-22(12)13/h1-7H,8H2,(H,19,23). The van der Waals surface area contributed by atoms with Crippen LogP contribution in [0.1, 0.15) is 5.56 Å². The summed E-state index contributed by atoms with van der Waals surface area (Å²) in [5.74, 6) is -0.0652. The van der Waals surface area contributed by atoms with Crippen LogP contribution in [0.15, 0.2) is 47.9 Å². The number of benzene rings is 1. The van der Waals surface area contributed by atoms with Crippen molar-refractivity contribution < 1.29 is 18.0 Å². The molecule has 0 fully saturated rings. The van der Waals surface area contributed by atoms with Gasteiger partial charge in [-0.05, 0) is 24.3 Å². The number of rotatable bonds is 4. The predicted octanol–water partition coefficient (Wildman–Crippen LogP) is 2.87. The molecule has 3 aromatic rings. The molecule has 2 aromatic heterocycles. The molecule has 0 atom stereocenters. The van der Waals surface area contributed by atoms with Crippen LogP contribution in [-0.2, 0) is 11.0 Å². The normalized spacial score (nSPS) is 11.6. The van der Waals surface area contributed by atoms with Crippen molar-refractivity contribution in [2.75, 3.05) is 11.1 Å². The molecule has 0 radical (unpaired) electrons. The summed E-state index contributed by atoms with van der Waals surface area (Å²) >= 11 is 1.11. The smallest absolute Gasteiger partial charge is 0.325 e. The number of aromatic nitrogens is 4. The number of nitrogens with zero attached hydrogens (tertiary/aromatic N) is 4. The van der Waals surface area contributed by atoms with Crippen molar-refractivity contribution in [1.82, 2.24) is 19.6 Å². The summed E-state index contributed by atoms with van der Waals surface area (Å²) in [6.45, 7) is 0. The van der Waals surface area contributed by atoms with Gasteiger partial charge in [-0.25, -0.2) is 4.98 Å². The Balaban J connectivity index is 1.64. The number of carbonyl (C=O) groups is 1. The molecule has 24 heavy (non-hydrogen) atoms. The van der Waals surface area contributed by atoms with E-state index in [-0.39, 0.29) is 11.4 Å². The number of thioether (sulfide) groups is 1. The Morgan fingerprint density at radius 3 is 2.88 bits per heavy atom. The highest BCUT2D eigenvalue weighted by atomic mass is 32.2. The van der Waals surface area contributed by atoms with E-state index in [4.69, 9.17) is 0 Å². The first kappa shape index (κ1) is 16.2. The number of carbonyl (C=O) groups excluding carboxylic acids is 1. The van der Waals surface area contributed by atoms with E-state index < -0.39 is 17.6 Å². The van der Waals surface area contributed by atoms with Crippen molar-refractivity contribution in [3.63, 3.8) is 0 Å². The number of alkyl halides is 3. The van der Waals surface area contributed by atoms with Gasteiger partial charge in [0.1, 0.15) is 0 Å². The molecule has 1 aromatic carbocycles. The third kappa shape index (κ3) is 3.65. The molecule has 0 bridgehead atoms. The van der Waals surface area contributed by atoms with Gasteiger partial charge in [-0.15, -0.1) is 10.2 Å². The van der Waals surface area contributed by atoms with Gasteiger partial charge in [-0.1, -0.05) is 17.8 Å². The summed E-state index contributed by atoms with van der Waals surface area (Å²) in [5.41, 5.74) is -0.731. The fourth-order valence-electron chi connectivity index (χ4n) is 1.92. The lowest BCUT2D eigenvalue weighted by atomic mass is 10.2. The van der Waals surface area contributed by atoms with E-state index in [2.05, 4.69) is 20.5 Å². The highest BCUT2D eigenvalue weighted by Crippen LogP contribution is 2.30. The van der Waals surface area contributed by atoms with Gasteiger partial charge in [0, 0.05) is 18.1 Å². The molecule has 3 rings (SSSR count). The van der Waals surface area contributed by atoms with Gasteiger partial charge >= 0.3 is 6.18 Å². The molecule has 0 aliphatic rings. The summed E-state index contributed by atoms with van der Waals surface area (Å²) in [6, 6.07) is 6.17. The lowest BCUT2D eigenvalue weighted by molar-refractivity contribution is -0.137. The first-order valence-corrected chi connectivity index (χ1v) is 7.68. The average molecular weight is 353 g/mol. The van der Waals surface area contributed by atoms with Crippen LogP contribution in [0.2, 0.25) is 0 Å². The largest absolute Gasteiger partial charge is 0.416 e. The Kier molecular flexibility index (Phi) is 4.38. The van der Waals surface area contributed by atoms with Gasteiger partial charge in [0.15, 0.2) is 5.16 Å². The molecule has 0 saturated carbocycles. The first-order valence-electron chi connectivity index (χ1n) is 6.69. The van der Waals surface area contributed by atoms with Crippen LogP contribution in [0.5, 0.6) is 0 Å². The Hall–Kier alpha value is -2.62. The highest BCUT2D eigenvalue weighted by molar-refractivity contribution is 7.99. The van der Waals surface area contributed by atoms with Crippen LogP contribution in [0.3, 0.4) is 0 Å². The van der Waals surface area contributed by atoms with Gasteiger partial charge in [0.25, 0.3) is 5.78 Å². The number of hydrogen-bond donors (Lipinski definition) is 1. The second kappa shape index (κ2) is 6.48. The molecule has 6 nitrogen and oxygen atoms in total. The van der Waals surface area contributed by atoms with Gasteiger partial charge in [-0.2, -0.15) is 13.2 Å². The fraction of sp³-hybridized carbons (Fsp3) is 0.143. The molecule has 1 N–H and O–H groups in total. The molecule has 0 unspecified atom stereocenters. The molecule has 10 heteroatoms. The van der Waals surface area contributed by atoms with E-state index in [0.29, 0.717) is 10.9 Å². The maximum atomic E-state index is 12.6. The minimum Gasteiger partial charge on any atom is -0.325 e. The maximum Gasteiger partial charge on any atom is 0.416 e. The van der Waals surface area contributed by atoms with E-state index in [9.17, 15) is 18.0 Å². The van der Waals surface area contributed by atoms with E-state index in [1.54, 1.807) is 22.9 Å². The second-order valence-corrected chi connectivity index (χ2v) is 5.63. The quantitative estimate of drug-likeness (QED) is 0.730. The van der Waals surface area contributed by atoms with Crippen molar-refractivity contribution in [1.29, 1.82) is 0 Å². The van der Waals surface area contributed by atoms with Crippen LogP contribution in [0, 0.1) is 0 Å². The van der Waals surface area contributed by atoms with Crippen LogP contribution in [0.4, 0.5) is 18.9 Å². The number of nitrogens with one attached hydrogen (secondary N) is 1. The Morgan fingerprint density at radius 2 is 2.08 bits per heavy atom. The molecule has 0 spiro atoms. The summed E-state index contributed by atoms with van der Waals surface area (Å²) in [5, 5.41) is 10.7. The molecule has 2 heterocycles. The minimum atomic E-state index is -4.46. The predicted molar refractivity (Wildman–Crippen MR) is 81.6 cm³/mol. The van der Waals surface area contributed by atoms with Crippen molar-refractivity contribution in [3.05, 3.63) is 48.3 Å². The molecule has 0 aliphatic carbocycles. The average Bonchev–Trinajstić information content (AvgIpc) is 2.96. The number of fused-ring (bicyclic) bond motifs is 1. The molecular formula is C14H10F3N5OS. The maximum absolute atomic E-state index is 12.6. The van der Waals surface area contributed by atoms with Crippen LogP contribution >= 0.6 is 11.8 Å². The topological polar surface area (TPSA) is 72.2 Å². The molecule has 1 amide bonds. The SMILES string of the molecule is O=C(CSc1nnc2ncccn12)Nc1cccc(C(F)(F)F)c1. The molecule has 124 valence electrons. The number of amides is 1. The molecule has 0 aliphatic heterocycles. The van der Waals surface area contributed by atoms with Gasteiger partial charge in [0.2, 0.25) is 5.91 Å². The van der Waals surface area contributed by atoms with Gasteiger partial charge in [0.05, 0.1) is 11.3 Å². The number of halogens is 3. The summed E-state index contributed by atoms with van der Waals surface area (Å²) in [6.07, 6.45) is -1.18. The lowest BCUT2D eigenvalue weighted by Crippen LogP contribution is -2.15. The summed E-state index contributed by atoms with van der Waals surface area (Å²) in [4.78, 5) is 15.9. The third-order valence-corrected chi connectivity index (χ3v) is 3.91. The minimum absolute atomic E-state index is 0.0219. The summed E-state index contributed by atoms with van der Waals surface area (Å²) in [7, 11) is 0. The number of hydrogen-bond acceptors (Lipinski definition) is 5. The Morgan fingerprint density at radius 1 is 1.25 bits per heavy atom. The van der Waals surface area contributed by atoms with E-state index in [0.717, 1.165) is 23.9 Å². The van der Waals surface area contributed by atoms with Crippen LogP contribution in [0.25, 0.3) is 5.78 Å². The Labute approximate surface area is 138 Å². The van der Waals surface area contributed by atoms with E-state index >= 15 is 0 Å². The molecule has 0 saturated heterocycles. The zero-order chi connectivity index (χ0) is 17.2. The molecular weight excluding hydrogens is 343 g/mol. The van der Waals surface area contributed by atoms with Crippen LogP contribution in [-0.4, -0.2) is 31.2 Å². The zero-order valence-corrected chi connectivity index (χ0v) is 12.8. The van der Waals surface area contributed by atoms with Crippen molar-refractivity contribution in [3.8, 4) is 0 Å². The lowest BCUT2D eigenvalue weighted by Gasteiger charge is -2.09. The fourth-order valence-corrected chi connectivity index (χ4v) is 2.63. The van der Waals surface area contributed by atoms with Gasteiger partial charge < -0.3 is 5.32 Å². The van der Waals surface area contributed by atoms with Crippen molar-refractivity contribution in [2.24, 2.45) is 0 Å². The Bertz CT molecular complexity index is 880. The number of anilines is 1.